The van der Waals surface area contributed by atoms with Gasteiger partial charge in [0.05, 0.1) is 5.54 Å². The number of nitrogens with one attached hydrogen (secondary N) is 1. The van der Waals surface area contributed by atoms with E-state index in [4.69, 9.17) is 11.3 Å². The average Bonchev–Trinajstić information content (AvgIpc) is 2.38. The van der Waals surface area contributed by atoms with Crippen molar-refractivity contribution in [3.8, 4) is 0 Å². The Hall–Kier alpha value is -1.26. The lowest BCUT2D eigenvalue weighted by Crippen LogP contribution is -2.58. The first kappa shape index (κ1) is 14.8. The molecule has 0 heterocycles. The van der Waals surface area contributed by atoms with E-state index in [2.05, 4.69) is 22.3 Å². The van der Waals surface area contributed by atoms with Crippen molar-refractivity contribution in [2.75, 3.05) is 13.1 Å². The molecule has 0 bridgehead atoms. The monoisotopic (exact) mass is 253 g/mol. The molecule has 1 aliphatic carbocycles. The van der Waals surface area contributed by atoms with Crippen LogP contribution in [0.5, 0.6) is 0 Å². The fourth-order valence-corrected chi connectivity index (χ4v) is 2.73. The quantitative estimate of drug-likeness (QED) is 0.314. The summed E-state index contributed by atoms with van der Waals surface area (Å²) in [6.07, 6.45) is 5.71. The zero-order valence-electron chi connectivity index (χ0n) is 11.1. The number of hydrogen-bond acceptors (Lipinski definition) is 3. The average molecular weight is 253 g/mol. The maximum atomic E-state index is 11.7. The van der Waals surface area contributed by atoms with Gasteiger partial charge in [0.1, 0.15) is 0 Å². The zero-order chi connectivity index (χ0) is 13.4. The van der Waals surface area contributed by atoms with E-state index in [1.807, 2.05) is 0 Å². The van der Waals surface area contributed by atoms with Gasteiger partial charge in [0.15, 0.2) is 0 Å². The third-order valence-electron chi connectivity index (χ3n) is 3.86. The Morgan fingerprint density at radius 3 is 3.06 bits per heavy atom. The van der Waals surface area contributed by atoms with Gasteiger partial charge in [-0.05, 0) is 37.3 Å². The minimum absolute atomic E-state index is 0.246. The second-order valence-electron chi connectivity index (χ2n) is 5.05. The summed E-state index contributed by atoms with van der Waals surface area (Å²) in [5.41, 5.74) is 13.2. The SMILES string of the molecule is CCC1CCCC(NCCCN=[N+]=[N-])(C(N)=O)C1. The molecule has 2 unspecified atom stereocenters. The molecule has 0 aromatic rings. The van der Waals surface area contributed by atoms with Crippen molar-refractivity contribution >= 4 is 5.91 Å². The third-order valence-corrected chi connectivity index (χ3v) is 3.86. The number of primary amides is 1. The van der Waals surface area contributed by atoms with Gasteiger partial charge >= 0.3 is 0 Å². The number of azide groups is 1. The Labute approximate surface area is 108 Å². The lowest BCUT2D eigenvalue weighted by Gasteiger charge is -2.39. The van der Waals surface area contributed by atoms with E-state index < -0.39 is 5.54 Å². The molecule has 6 nitrogen and oxygen atoms in total. The minimum Gasteiger partial charge on any atom is -0.368 e. The van der Waals surface area contributed by atoms with Crippen LogP contribution in [0.15, 0.2) is 5.11 Å². The number of nitrogens with two attached hydrogens (primary N) is 1. The minimum atomic E-state index is -0.546. The Bertz CT molecular complexity index is 326. The summed E-state index contributed by atoms with van der Waals surface area (Å²) >= 11 is 0. The molecule has 1 amide bonds. The zero-order valence-corrected chi connectivity index (χ0v) is 11.1. The highest BCUT2D eigenvalue weighted by Gasteiger charge is 2.40. The molecule has 0 spiro atoms. The van der Waals surface area contributed by atoms with Crippen LogP contribution in [-0.4, -0.2) is 24.5 Å². The summed E-state index contributed by atoms with van der Waals surface area (Å²) in [5, 5.41) is 6.78. The number of amides is 1. The molecule has 0 radical (unpaired) electrons. The highest BCUT2D eigenvalue weighted by Crippen LogP contribution is 2.34. The number of carbonyl (C=O) groups excluding carboxylic acids is 1. The fraction of sp³-hybridized carbons (Fsp3) is 0.917. The van der Waals surface area contributed by atoms with Gasteiger partial charge in [-0.15, -0.1) is 0 Å². The molecule has 1 rings (SSSR count). The van der Waals surface area contributed by atoms with E-state index in [-0.39, 0.29) is 5.91 Å². The van der Waals surface area contributed by atoms with Gasteiger partial charge in [0.2, 0.25) is 5.91 Å². The van der Waals surface area contributed by atoms with E-state index in [1.54, 1.807) is 0 Å². The van der Waals surface area contributed by atoms with Gasteiger partial charge in [0.25, 0.3) is 0 Å². The smallest absolute Gasteiger partial charge is 0.237 e. The first-order chi connectivity index (χ1) is 8.64. The van der Waals surface area contributed by atoms with Crippen LogP contribution in [0.2, 0.25) is 0 Å². The number of rotatable bonds is 7. The van der Waals surface area contributed by atoms with E-state index in [0.29, 0.717) is 19.0 Å². The topological polar surface area (TPSA) is 104 Å². The van der Waals surface area contributed by atoms with Crippen molar-refractivity contribution in [3.05, 3.63) is 10.4 Å². The van der Waals surface area contributed by atoms with Gasteiger partial charge in [-0.1, -0.05) is 31.3 Å². The van der Waals surface area contributed by atoms with Gasteiger partial charge in [-0.25, -0.2) is 0 Å². The van der Waals surface area contributed by atoms with Crippen molar-refractivity contribution in [2.24, 2.45) is 16.8 Å². The van der Waals surface area contributed by atoms with Gasteiger partial charge < -0.3 is 11.1 Å². The first-order valence-electron chi connectivity index (χ1n) is 6.70. The van der Waals surface area contributed by atoms with Crippen molar-refractivity contribution in [3.63, 3.8) is 0 Å². The normalized spacial score (nSPS) is 27.5. The van der Waals surface area contributed by atoms with Crippen LogP contribution in [0.4, 0.5) is 0 Å². The second kappa shape index (κ2) is 7.24. The van der Waals surface area contributed by atoms with E-state index in [1.165, 1.54) is 6.42 Å². The maximum Gasteiger partial charge on any atom is 0.237 e. The lowest BCUT2D eigenvalue weighted by molar-refractivity contribution is -0.126. The summed E-state index contributed by atoms with van der Waals surface area (Å²) < 4.78 is 0. The van der Waals surface area contributed by atoms with Crippen LogP contribution in [0.1, 0.15) is 45.4 Å². The second-order valence-corrected chi connectivity index (χ2v) is 5.05. The van der Waals surface area contributed by atoms with E-state index in [9.17, 15) is 4.79 Å². The molecule has 3 N–H and O–H groups in total. The Morgan fingerprint density at radius 2 is 2.44 bits per heavy atom. The highest BCUT2D eigenvalue weighted by molar-refractivity contribution is 5.84. The van der Waals surface area contributed by atoms with Gasteiger partial charge in [-0.3, -0.25) is 4.79 Å². The van der Waals surface area contributed by atoms with Crippen LogP contribution < -0.4 is 11.1 Å². The van der Waals surface area contributed by atoms with Gasteiger partial charge in [-0.2, -0.15) is 0 Å². The summed E-state index contributed by atoms with van der Waals surface area (Å²) in [6.45, 7) is 3.28. The van der Waals surface area contributed by atoms with Crippen molar-refractivity contribution < 1.29 is 4.79 Å². The van der Waals surface area contributed by atoms with Crippen molar-refractivity contribution in [2.45, 2.75) is 51.0 Å². The molecule has 102 valence electrons. The van der Waals surface area contributed by atoms with Crippen LogP contribution in [0.3, 0.4) is 0 Å². The molecule has 0 saturated heterocycles. The van der Waals surface area contributed by atoms with Crippen LogP contribution in [0.25, 0.3) is 10.4 Å². The summed E-state index contributed by atoms with van der Waals surface area (Å²) in [7, 11) is 0. The number of hydrogen-bond donors (Lipinski definition) is 2. The van der Waals surface area contributed by atoms with E-state index in [0.717, 1.165) is 32.1 Å². The fourth-order valence-electron chi connectivity index (χ4n) is 2.73. The number of nitrogens with zero attached hydrogens (tertiary/aromatic N) is 3. The highest BCUT2D eigenvalue weighted by atomic mass is 16.1. The summed E-state index contributed by atoms with van der Waals surface area (Å²) in [6, 6.07) is 0. The molecule has 6 heteroatoms. The molecule has 1 aliphatic rings. The first-order valence-corrected chi connectivity index (χ1v) is 6.70. The molecular formula is C12H23N5O. The molecule has 1 saturated carbocycles. The molecule has 0 aromatic heterocycles. The standard InChI is InChI=1S/C12H23N5O/c1-2-10-5-3-6-12(9-10,11(13)18)15-7-4-8-16-17-14/h10,15H,2-9H2,1H3,(H2,13,18). The predicted octanol–water partition coefficient (Wildman–Crippen LogP) is 2.10. The molecular weight excluding hydrogens is 230 g/mol. The molecule has 2 atom stereocenters. The Kier molecular flexibility index (Phi) is 5.95. The Morgan fingerprint density at radius 1 is 1.67 bits per heavy atom. The van der Waals surface area contributed by atoms with Gasteiger partial charge in [0, 0.05) is 11.5 Å². The van der Waals surface area contributed by atoms with Crippen LogP contribution >= 0.6 is 0 Å². The van der Waals surface area contributed by atoms with Crippen molar-refractivity contribution in [1.82, 2.24) is 5.32 Å². The number of carbonyl (C=O) groups is 1. The predicted molar refractivity (Wildman–Crippen MR) is 70.8 cm³/mol. The Balaban J connectivity index is 2.52. The molecule has 1 fully saturated rings. The van der Waals surface area contributed by atoms with Crippen molar-refractivity contribution in [1.29, 1.82) is 0 Å². The van der Waals surface area contributed by atoms with Crippen LogP contribution in [-0.2, 0) is 4.79 Å². The van der Waals surface area contributed by atoms with Crippen LogP contribution in [0, 0.1) is 5.92 Å². The third kappa shape index (κ3) is 3.89. The summed E-state index contributed by atoms with van der Waals surface area (Å²) in [5.74, 6) is 0.334. The summed E-state index contributed by atoms with van der Waals surface area (Å²) in [4.78, 5) is 14.4. The maximum absolute atomic E-state index is 11.7. The molecule has 0 aromatic carbocycles. The lowest BCUT2D eigenvalue weighted by atomic mass is 9.74. The largest absolute Gasteiger partial charge is 0.368 e. The molecule has 18 heavy (non-hydrogen) atoms. The van der Waals surface area contributed by atoms with E-state index >= 15 is 0 Å². The molecule has 0 aliphatic heterocycles.